The molecule has 0 aliphatic rings. The molecule has 0 saturated carbocycles. The van der Waals surface area contributed by atoms with Gasteiger partial charge in [-0.05, 0) is 29.3 Å². The number of carbonyl (C=O) groups excluding carboxylic acids is 1. The Morgan fingerprint density at radius 1 is 1.30 bits per heavy atom. The van der Waals surface area contributed by atoms with Gasteiger partial charge in [-0.2, -0.15) is 0 Å². The summed E-state index contributed by atoms with van der Waals surface area (Å²) >= 11 is 0. The third kappa shape index (κ3) is 3.38. The zero-order valence-corrected chi connectivity index (χ0v) is 11.0. The molecule has 4 nitrogen and oxygen atoms in total. The molecule has 100 valence electrons. The first kappa shape index (κ1) is 13.7. The van der Waals surface area contributed by atoms with Crippen molar-refractivity contribution >= 4 is 11.5 Å². The topological polar surface area (TPSA) is 54.9 Å². The molecule has 2 aromatic rings. The highest BCUT2D eigenvalue weighted by atomic mass is 16.1. The number of pyridine rings is 2. The minimum Gasteiger partial charge on any atom is -0.348 e. The molecule has 0 aliphatic carbocycles. The van der Waals surface area contributed by atoms with Gasteiger partial charge in [-0.15, -0.1) is 0 Å². The Morgan fingerprint density at radius 2 is 2.15 bits per heavy atom. The Labute approximate surface area is 117 Å². The van der Waals surface area contributed by atoms with Gasteiger partial charge in [-0.25, -0.2) is 0 Å². The van der Waals surface area contributed by atoms with Crippen molar-refractivity contribution < 1.29 is 4.79 Å². The lowest BCUT2D eigenvalue weighted by Gasteiger charge is -2.05. The first-order valence-electron chi connectivity index (χ1n) is 6.15. The molecular formula is C16H15N3O. The molecule has 0 aliphatic heterocycles. The quantitative estimate of drug-likeness (QED) is 0.845. The van der Waals surface area contributed by atoms with Gasteiger partial charge in [0.15, 0.2) is 0 Å². The van der Waals surface area contributed by atoms with Gasteiger partial charge in [0.05, 0.1) is 11.3 Å². The van der Waals surface area contributed by atoms with Gasteiger partial charge < -0.3 is 5.32 Å². The summed E-state index contributed by atoms with van der Waals surface area (Å²) in [6, 6.07) is 7.21. The summed E-state index contributed by atoms with van der Waals surface area (Å²) in [5.41, 5.74) is 2.90. The molecule has 1 N–H and O–H groups in total. The average molecular weight is 265 g/mol. The van der Waals surface area contributed by atoms with Crippen LogP contribution >= 0.6 is 0 Å². The van der Waals surface area contributed by atoms with E-state index in [4.69, 9.17) is 0 Å². The summed E-state index contributed by atoms with van der Waals surface area (Å²) < 4.78 is 0. The largest absolute Gasteiger partial charge is 0.348 e. The van der Waals surface area contributed by atoms with Crippen LogP contribution in [0.1, 0.15) is 21.6 Å². The van der Waals surface area contributed by atoms with Crippen molar-refractivity contribution in [2.75, 3.05) is 0 Å². The molecule has 0 fully saturated rings. The van der Waals surface area contributed by atoms with Crippen molar-refractivity contribution in [3.8, 4) is 0 Å². The number of aromatic nitrogens is 2. The zero-order chi connectivity index (χ0) is 14.4. The Kier molecular flexibility index (Phi) is 4.39. The number of carbonyl (C=O) groups is 1. The molecule has 2 heterocycles. The summed E-state index contributed by atoms with van der Waals surface area (Å²) in [6.45, 7) is 7.88. The maximum absolute atomic E-state index is 12.0. The average Bonchev–Trinajstić information content (AvgIpc) is 2.53. The van der Waals surface area contributed by atoms with Crippen LogP contribution in [0.25, 0.3) is 5.57 Å². The molecule has 0 saturated heterocycles. The van der Waals surface area contributed by atoms with Crippen LogP contribution in [0.4, 0.5) is 0 Å². The first-order chi connectivity index (χ1) is 9.70. The molecular weight excluding hydrogens is 250 g/mol. The van der Waals surface area contributed by atoms with Gasteiger partial charge in [0, 0.05) is 25.1 Å². The van der Waals surface area contributed by atoms with Gasteiger partial charge in [0.2, 0.25) is 0 Å². The normalized spacial score (nSPS) is 9.80. The smallest absolute Gasteiger partial charge is 0.253 e. The van der Waals surface area contributed by atoms with E-state index in [1.54, 1.807) is 30.6 Å². The summed E-state index contributed by atoms with van der Waals surface area (Å²) in [6.07, 6.45) is 6.57. The SMILES string of the molecule is C=CC(=C)c1ccc(C(=O)NCc2cccnc2)cn1. The minimum absolute atomic E-state index is 0.169. The van der Waals surface area contributed by atoms with Crippen molar-refractivity contribution in [2.24, 2.45) is 0 Å². The van der Waals surface area contributed by atoms with Gasteiger partial charge in [-0.1, -0.05) is 25.3 Å². The number of hydrogen-bond acceptors (Lipinski definition) is 3. The lowest BCUT2D eigenvalue weighted by Crippen LogP contribution is -2.23. The summed E-state index contributed by atoms with van der Waals surface area (Å²) in [4.78, 5) is 20.1. The maximum Gasteiger partial charge on any atom is 0.253 e. The standard InChI is InChI=1S/C16H15N3O/c1-3-12(2)15-7-6-14(11-18-15)16(20)19-10-13-5-4-8-17-9-13/h3-9,11H,1-2,10H2,(H,19,20). The molecule has 0 bridgehead atoms. The Balaban J connectivity index is 1.99. The zero-order valence-electron chi connectivity index (χ0n) is 11.0. The summed E-state index contributed by atoms with van der Waals surface area (Å²) in [5.74, 6) is -0.169. The van der Waals surface area contributed by atoms with E-state index in [-0.39, 0.29) is 5.91 Å². The minimum atomic E-state index is -0.169. The van der Waals surface area contributed by atoms with E-state index in [9.17, 15) is 4.79 Å². The van der Waals surface area contributed by atoms with Crippen molar-refractivity contribution in [3.63, 3.8) is 0 Å². The molecule has 0 spiro atoms. The molecule has 0 atom stereocenters. The lowest BCUT2D eigenvalue weighted by atomic mass is 10.1. The Hall–Kier alpha value is -2.75. The van der Waals surface area contributed by atoms with Crippen LogP contribution in [0, 0.1) is 0 Å². The number of nitrogens with one attached hydrogen (secondary N) is 1. The number of rotatable bonds is 5. The van der Waals surface area contributed by atoms with Gasteiger partial charge in [0.1, 0.15) is 0 Å². The van der Waals surface area contributed by atoms with Crippen LogP contribution in [0.2, 0.25) is 0 Å². The van der Waals surface area contributed by atoms with Crippen molar-refractivity contribution in [3.05, 3.63) is 78.9 Å². The number of hydrogen-bond donors (Lipinski definition) is 1. The van der Waals surface area contributed by atoms with E-state index in [1.165, 1.54) is 6.20 Å². The van der Waals surface area contributed by atoms with Crippen LogP contribution in [-0.4, -0.2) is 15.9 Å². The second-order valence-corrected chi connectivity index (χ2v) is 4.21. The molecule has 0 radical (unpaired) electrons. The molecule has 1 amide bonds. The van der Waals surface area contributed by atoms with Crippen molar-refractivity contribution in [2.45, 2.75) is 6.54 Å². The fourth-order valence-corrected chi connectivity index (χ4v) is 1.61. The van der Waals surface area contributed by atoms with Crippen molar-refractivity contribution in [1.29, 1.82) is 0 Å². The number of amides is 1. The van der Waals surface area contributed by atoms with Crippen LogP contribution in [-0.2, 0) is 6.54 Å². The van der Waals surface area contributed by atoms with E-state index in [1.807, 2.05) is 12.1 Å². The monoisotopic (exact) mass is 265 g/mol. The third-order valence-corrected chi connectivity index (χ3v) is 2.78. The van der Waals surface area contributed by atoms with Gasteiger partial charge >= 0.3 is 0 Å². The maximum atomic E-state index is 12.0. The van der Waals surface area contributed by atoms with E-state index in [2.05, 4.69) is 28.4 Å². The fraction of sp³-hybridized carbons (Fsp3) is 0.0625. The second kappa shape index (κ2) is 6.43. The van der Waals surface area contributed by atoms with Crippen LogP contribution in [0.3, 0.4) is 0 Å². The van der Waals surface area contributed by atoms with Crippen LogP contribution in [0.15, 0.2) is 62.1 Å². The van der Waals surface area contributed by atoms with E-state index < -0.39 is 0 Å². The number of allylic oxidation sites excluding steroid dienone is 2. The molecule has 2 aromatic heterocycles. The van der Waals surface area contributed by atoms with Crippen LogP contribution in [0.5, 0.6) is 0 Å². The molecule has 0 aromatic carbocycles. The second-order valence-electron chi connectivity index (χ2n) is 4.21. The lowest BCUT2D eigenvalue weighted by molar-refractivity contribution is 0.0950. The summed E-state index contributed by atoms with van der Waals surface area (Å²) in [5, 5.41) is 2.82. The van der Waals surface area contributed by atoms with E-state index >= 15 is 0 Å². The van der Waals surface area contributed by atoms with E-state index in [0.717, 1.165) is 11.1 Å². The van der Waals surface area contributed by atoms with Gasteiger partial charge in [0.25, 0.3) is 5.91 Å². The molecule has 0 unspecified atom stereocenters. The molecule has 2 rings (SSSR count). The highest BCUT2D eigenvalue weighted by Gasteiger charge is 2.06. The predicted octanol–water partition coefficient (Wildman–Crippen LogP) is 2.61. The van der Waals surface area contributed by atoms with Crippen molar-refractivity contribution in [1.82, 2.24) is 15.3 Å². The van der Waals surface area contributed by atoms with E-state index in [0.29, 0.717) is 17.8 Å². The highest BCUT2D eigenvalue weighted by Crippen LogP contribution is 2.10. The Bertz CT molecular complexity index is 618. The molecule has 4 heteroatoms. The Morgan fingerprint density at radius 3 is 2.75 bits per heavy atom. The molecule has 20 heavy (non-hydrogen) atoms. The number of nitrogens with zero attached hydrogens (tertiary/aromatic N) is 2. The summed E-state index contributed by atoms with van der Waals surface area (Å²) in [7, 11) is 0. The predicted molar refractivity (Wildman–Crippen MR) is 78.9 cm³/mol. The van der Waals surface area contributed by atoms with Gasteiger partial charge in [-0.3, -0.25) is 14.8 Å². The fourth-order valence-electron chi connectivity index (χ4n) is 1.61. The highest BCUT2D eigenvalue weighted by molar-refractivity contribution is 5.94. The first-order valence-corrected chi connectivity index (χ1v) is 6.15. The van der Waals surface area contributed by atoms with Crippen LogP contribution < -0.4 is 5.32 Å². The third-order valence-electron chi connectivity index (χ3n) is 2.78.